The van der Waals surface area contributed by atoms with Gasteiger partial charge in [0.05, 0.1) is 10.6 Å². The fraction of sp³-hybridized carbons (Fsp3) is 0.381. The first-order valence-electron chi connectivity index (χ1n) is 9.37. The molecule has 0 aromatic heterocycles. The molecule has 0 radical (unpaired) electrons. The molecule has 2 atom stereocenters. The number of piperidine rings is 1. The molecular weight excluding hydrogens is 399 g/mol. The maximum atomic E-state index is 12.9. The summed E-state index contributed by atoms with van der Waals surface area (Å²) >= 11 is 12.1. The van der Waals surface area contributed by atoms with Crippen LogP contribution in [0.3, 0.4) is 0 Å². The molecule has 0 aliphatic carbocycles. The minimum absolute atomic E-state index is 0.0863. The summed E-state index contributed by atoms with van der Waals surface area (Å²) in [4.78, 5) is 16.9. The fourth-order valence-corrected chi connectivity index (χ4v) is 4.56. The van der Waals surface area contributed by atoms with E-state index in [9.17, 15) is 15.0 Å². The number of carbonyl (C=O) groups is 1. The maximum absolute atomic E-state index is 12.9. The number of hydrogen-bond acceptors (Lipinski definition) is 4. The maximum Gasteiger partial charge on any atom is 0.255 e. The Kier molecular flexibility index (Phi) is 5.27. The van der Waals surface area contributed by atoms with Crippen molar-refractivity contribution in [2.45, 2.75) is 24.5 Å². The highest BCUT2D eigenvalue weighted by atomic mass is 35.5. The lowest BCUT2D eigenvalue weighted by Crippen LogP contribution is -2.60. The van der Waals surface area contributed by atoms with E-state index in [1.807, 2.05) is 12.1 Å². The lowest BCUT2D eigenvalue weighted by molar-refractivity contribution is -0.0740. The number of phenols is 1. The Morgan fingerprint density at radius 1 is 1.11 bits per heavy atom. The molecule has 2 fully saturated rings. The molecule has 0 spiro atoms. The van der Waals surface area contributed by atoms with Gasteiger partial charge in [-0.2, -0.15) is 0 Å². The van der Waals surface area contributed by atoms with Crippen LogP contribution in [0.25, 0.3) is 0 Å². The molecule has 7 heteroatoms. The zero-order valence-corrected chi connectivity index (χ0v) is 16.8. The summed E-state index contributed by atoms with van der Waals surface area (Å²) in [7, 11) is 0. The topological polar surface area (TPSA) is 64.0 Å². The molecule has 4 rings (SSSR count). The molecule has 2 heterocycles. The standard InChI is InChI=1S/C21H22Cl2N2O3/c22-15-6-4-14(5-7-15)21(28)9-8-16-12-24(10-11-25(16)13-21)20(27)17-2-1-3-18(26)19(17)23/h1-7,16,26,28H,8-13H2/t16-,21+/m0/s1. The molecule has 2 aliphatic heterocycles. The van der Waals surface area contributed by atoms with E-state index in [0.29, 0.717) is 43.2 Å². The third-order valence-electron chi connectivity index (χ3n) is 5.84. The molecule has 28 heavy (non-hydrogen) atoms. The zero-order valence-electron chi connectivity index (χ0n) is 15.3. The van der Waals surface area contributed by atoms with Crippen molar-refractivity contribution >= 4 is 29.1 Å². The van der Waals surface area contributed by atoms with Crippen molar-refractivity contribution < 1.29 is 15.0 Å². The molecule has 5 nitrogen and oxygen atoms in total. The van der Waals surface area contributed by atoms with Crippen molar-refractivity contribution in [3.8, 4) is 5.75 Å². The van der Waals surface area contributed by atoms with Crippen molar-refractivity contribution in [1.82, 2.24) is 9.80 Å². The number of amides is 1. The number of phenolic OH excluding ortho intramolecular Hbond substituents is 1. The predicted molar refractivity (Wildman–Crippen MR) is 109 cm³/mol. The smallest absolute Gasteiger partial charge is 0.255 e. The molecule has 2 aromatic carbocycles. The lowest BCUT2D eigenvalue weighted by Gasteiger charge is -2.49. The number of piperazine rings is 1. The van der Waals surface area contributed by atoms with Crippen LogP contribution in [0.5, 0.6) is 5.75 Å². The van der Waals surface area contributed by atoms with Gasteiger partial charge in [-0.25, -0.2) is 0 Å². The Labute approximate surface area is 174 Å². The van der Waals surface area contributed by atoms with Gasteiger partial charge in [-0.3, -0.25) is 9.69 Å². The van der Waals surface area contributed by atoms with Crippen LogP contribution >= 0.6 is 23.2 Å². The number of aliphatic hydroxyl groups is 1. The summed E-state index contributed by atoms with van der Waals surface area (Å²) in [6.45, 7) is 2.36. The second-order valence-electron chi connectivity index (χ2n) is 7.59. The monoisotopic (exact) mass is 420 g/mol. The van der Waals surface area contributed by atoms with Gasteiger partial charge in [0.25, 0.3) is 5.91 Å². The Hall–Kier alpha value is -1.79. The number of fused-ring (bicyclic) bond motifs is 1. The van der Waals surface area contributed by atoms with E-state index in [4.69, 9.17) is 23.2 Å². The Morgan fingerprint density at radius 2 is 1.86 bits per heavy atom. The average Bonchev–Trinajstić information content (AvgIpc) is 2.69. The molecule has 148 valence electrons. The van der Waals surface area contributed by atoms with Gasteiger partial charge in [-0.1, -0.05) is 41.4 Å². The first kappa shape index (κ1) is 19.5. The van der Waals surface area contributed by atoms with Crippen LogP contribution in [0.2, 0.25) is 10.0 Å². The first-order chi connectivity index (χ1) is 13.4. The minimum Gasteiger partial charge on any atom is -0.506 e. The molecule has 0 unspecified atom stereocenters. The molecule has 2 aromatic rings. The average molecular weight is 421 g/mol. The SMILES string of the molecule is O=C(c1cccc(O)c1Cl)N1CCN2C[C@@](O)(c3ccc(Cl)cc3)CC[C@H]2C1. The third kappa shape index (κ3) is 3.60. The van der Waals surface area contributed by atoms with Gasteiger partial charge in [-0.05, 0) is 42.7 Å². The van der Waals surface area contributed by atoms with Crippen LogP contribution in [0.4, 0.5) is 0 Å². The van der Waals surface area contributed by atoms with Gasteiger partial charge in [0.1, 0.15) is 11.4 Å². The largest absolute Gasteiger partial charge is 0.506 e. The molecule has 2 N–H and O–H groups in total. The zero-order chi connectivity index (χ0) is 19.9. The van der Waals surface area contributed by atoms with Crippen LogP contribution in [-0.4, -0.2) is 58.1 Å². The van der Waals surface area contributed by atoms with Crippen LogP contribution in [-0.2, 0) is 5.60 Å². The van der Waals surface area contributed by atoms with Gasteiger partial charge in [0, 0.05) is 37.2 Å². The second-order valence-corrected chi connectivity index (χ2v) is 8.41. The van der Waals surface area contributed by atoms with E-state index >= 15 is 0 Å². The second kappa shape index (κ2) is 7.56. The Bertz CT molecular complexity index is 890. The van der Waals surface area contributed by atoms with Crippen molar-refractivity contribution in [2.75, 3.05) is 26.2 Å². The number of hydrogen-bond donors (Lipinski definition) is 2. The summed E-state index contributed by atoms with van der Waals surface area (Å²) in [6, 6.07) is 12.3. The summed E-state index contributed by atoms with van der Waals surface area (Å²) in [5.74, 6) is -0.254. The summed E-state index contributed by atoms with van der Waals surface area (Å²) in [5, 5.41) is 21.7. The molecule has 1 amide bonds. The number of aromatic hydroxyl groups is 1. The third-order valence-corrected chi connectivity index (χ3v) is 6.49. The van der Waals surface area contributed by atoms with Crippen molar-refractivity contribution in [3.05, 3.63) is 63.6 Å². The predicted octanol–water partition coefficient (Wildman–Crippen LogP) is 3.51. The van der Waals surface area contributed by atoms with Crippen molar-refractivity contribution in [1.29, 1.82) is 0 Å². The van der Waals surface area contributed by atoms with Gasteiger partial charge in [0.15, 0.2) is 0 Å². The van der Waals surface area contributed by atoms with Crippen LogP contribution in [0.1, 0.15) is 28.8 Å². The van der Waals surface area contributed by atoms with Gasteiger partial charge >= 0.3 is 0 Å². The highest BCUT2D eigenvalue weighted by molar-refractivity contribution is 6.35. The minimum atomic E-state index is -0.901. The van der Waals surface area contributed by atoms with E-state index in [0.717, 1.165) is 12.0 Å². The van der Waals surface area contributed by atoms with E-state index in [1.54, 1.807) is 29.2 Å². The van der Waals surface area contributed by atoms with Gasteiger partial charge < -0.3 is 15.1 Å². The normalized spacial score (nSPS) is 25.4. The number of benzene rings is 2. The molecule has 2 saturated heterocycles. The van der Waals surface area contributed by atoms with Crippen molar-refractivity contribution in [3.63, 3.8) is 0 Å². The Morgan fingerprint density at radius 3 is 2.61 bits per heavy atom. The fourth-order valence-electron chi connectivity index (χ4n) is 4.23. The highest BCUT2D eigenvalue weighted by Gasteiger charge is 2.42. The molecule has 0 saturated carbocycles. The molecule has 2 aliphatic rings. The number of carbonyl (C=O) groups excluding carboxylic acids is 1. The molecule has 0 bridgehead atoms. The molecular formula is C21H22Cl2N2O3. The van der Waals surface area contributed by atoms with Crippen LogP contribution in [0, 0.1) is 0 Å². The number of halogens is 2. The quantitative estimate of drug-likeness (QED) is 0.779. The lowest BCUT2D eigenvalue weighted by atomic mass is 9.82. The first-order valence-corrected chi connectivity index (χ1v) is 10.1. The van der Waals surface area contributed by atoms with Crippen molar-refractivity contribution in [2.24, 2.45) is 0 Å². The number of nitrogens with zero attached hydrogens (tertiary/aromatic N) is 2. The summed E-state index contributed by atoms with van der Waals surface area (Å²) < 4.78 is 0. The van der Waals surface area contributed by atoms with E-state index in [-0.39, 0.29) is 22.7 Å². The van der Waals surface area contributed by atoms with E-state index in [1.165, 1.54) is 6.07 Å². The van der Waals surface area contributed by atoms with E-state index < -0.39 is 5.60 Å². The highest BCUT2D eigenvalue weighted by Crippen LogP contribution is 2.36. The summed E-state index contributed by atoms with van der Waals surface area (Å²) in [6.07, 6.45) is 1.42. The van der Waals surface area contributed by atoms with Gasteiger partial charge in [-0.15, -0.1) is 0 Å². The number of rotatable bonds is 2. The van der Waals surface area contributed by atoms with E-state index in [2.05, 4.69) is 4.90 Å². The van der Waals surface area contributed by atoms with Crippen LogP contribution in [0.15, 0.2) is 42.5 Å². The van der Waals surface area contributed by atoms with Gasteiger partial charge in [0.2, 0.25) is 0 Å². The van der Waals surface area contributed by atoms with Crippen LogP contribution < -0.4 is 0 Å². The Balaban J connectivity index is 1.46. The summed E-state index contributed by atoms with van der Waals surface area (Å²) in [5.41, 5.74) is 0.297.